The molecule has 3 rings (SSSR count). The molecule has 1 N–H and O–H groups in total. The number of rotatable bonds is 5. The van der Waals surface area contributed by atoms with Crippen molar-refractivity contribution in [1.82, 2.24) is 5.32 Å². The fourth-order valence-corrected chi connectivity index (χ4v) is 4.30. The molecule has 1 aromatic carbocycles. The molecule has 0 amide bonds. The van der Waals surface area contributed by atoms with Gasteiger partial charge in [-0.3, -0.25) is 0 Å². The molecule has 1 nitrogen and oxygen atoms in total. The summed E-state index contributed by atoms with van der Waals surface area (Å²) < 4.78 is 0. The zero-order chi connectivity index (χ0) is 13.1. The van der Waals surface area contributed by atoms with Crippen LogP contribution in [0.1, 0.15) is 51.0 Å². The van der Waals surface area contributed by atoms with Gasteiger partial charge in [0.1, 0.15) is 0 Å². The smallest absolute Gasteiger partial charge is 0.0208 e. The summed E-state index contributed by atoms with van der Waals surface area (Å²) >= 11 is 2.09. The Morgan fingerprint density at radius 3 is 2.58 bits per heavy atom. The van der Waals surface area contributed by atoms with E-state index in [-0.39, 0.29) is 0 Å². The van der Waals surface area contributed by atoms with Gasteiger partial charge >= 0.3 is 0 Å². The van der Waals surface area contributed by atoms with Crippen LogP contribution < -0.4 is 5.32 Å². The summed E-state index contributed by atoms with van der Waals surface area (Å²) in [5.41, 5.74) is 1.42. The highest BCUT2D eigenvalue weighted by Crippen LogP contribution is 2.36. The Kier molecular flexibility index (Phi) is 4.49. The highest BCUT2D eigenvalue weighted by Gasteiger charge is 2.20. The van der Waals surface area contributed by atoms with Crippen molar-refractivity contribution in [3.05, 3.63) is 29.8 Å². The van der Waals surface area contributed by atoms with E-state index in [0.717, 1.165) is 23.8 Å². The molecule has 0 aliphatic heterocycles. The third-order valence-corrected chi connectivity index (χ3v) is 5.59. The van der Waals surface area contributed by atoms with Crippen LogP contribution in [0.25, 0.3) is 0 Å². The highest BCUT2D eigenvalue weighted by atomic mass is 32.2. The van der Waals surface area contributed by atoms with E-state index in [0.29, 0.717) is 0 Å². The van der Waals surface area contributed by atoms with Crippen molar-refractivity contribution >= 4 is 11.8 Å². The van der Waals surface area contributed by atoms with Crippen molar-refractivity contribution in [3.8, 4) is 0 Å². The minimum atomic E-state index is 0.803. The molecule has 0 heterocycles. The summed E-state index contributed by atoms with van der Waals surface area (Å²) in [5, 5.41) is 4.42. The lowest BCUT2D eigenvalue weighted by Crippen LogP contribution is -2.15. The first kappa shape index (κ1) is 13.5. The van der Waals surface area contributed by atoms with E-state index in [4.69, 9.17) is 0 Å². The Labute approximate surface area is 121 Å². The van der Waals surface area contributed by atoms with Crippen molar-refractivity contribution in [2.45, 2.75) is 68.2 Å². The lowest BCUT2D eigenvalue weighted by atomic mass is 9.91. The van der Waals surface area contributed by atoms with Gasteiger partial charge in [-0.2, -0.15) is 0 Å². The van der Waals surface area contributed by atoms with Gasteiger partial charge < -0.3 is 5.32 Å². The van der Waals surface area contributed by atoms with Crippen LogP contribution in [-0.4, -0.2) is 11.3 Å². The first-order valence-electron chi connectivity index (χ1n) is 7.78. The van der Waals surface area contributed by atoms with Gasteiger partial charge in [0, 0.05) is 22.7 Å². The Morgan fingerprint density at radius 2 is 1.89 bits per heavy atom. The molecule has 2 heteroatoms. The molecule has 0 spiro atoms. The SMILES string of the molecule is CC1CCCC(Sc2ccc(CNC3CC3)cc2)C1. The summed E-state index contributed by atoms with van der Waals surface area (Å²) in [6.45, 7) is 3.44. The first-order chi connectivity index (χ1) is 9.29. The van der Waals surface area contributed by atoms with E-state index in [1.165, 1.54) is 49.0 Å². The van der Waals surface area contributed by atoms with Crippen LogP contribution in [-0.2, 0) is 6.54 Å². The minimum absolute atomic E-state index is 0.803. The Morgan fingerprint density at radius 1 is 1.11 bits per heavy atom. The maximum atomic E-state index is 3.57. The molecule has 0 bridgehead atoms. The Bertz CT molecular complexity index is 396. The van der Waals surface area contributed by atoms with Gasteiger partial charge in [-0.25, -0.2) is 0 Å². The summed E-state index contributed by atoms with van der Waals surface area (Å²) in [6, 6.07) is 10.0. The van der Waals surface area contributed by atoms with Crippen LogP contribution in [0.5, 0.6) is 0 Å². The molecule has 19 heavy (non-hydrogen) atoms. The molecule has 0 aromatic heterocycles. The number of hydrogen-bond donors (Lipinski definition) is 1. The molecule has 2 atom stereocenters. The molecule has 2 aliphatic carbocycles. The van der Waals surface area contributed by atoms with Gasteiger partial charge in [-0.15, -0.1) is 11.8 Å². The Balaban J connectivity index is 1.50. The quantitative estimate of drug-likeness (QED) is 0.842. The zero-order valence-corrected chi connectivity index (χ0v) is 12.7. The summed E-state index contributed by atoms with van der Waals surface area (Å²) in [5.74, 6) is 0.924. The number of nitrogens with one attached hydrogen (secondary N) is 1. The lowest BCUT2D eigenvalue weighted by molar-refractivity contribution is 0.394. The molecule has 0 saturated heterocycles. The lowest BCUT2D eigenvalue weighted by Gasteiger charge is -2.26. The van der Waals surface area contributed by atoms with Crippen LogP contribution in [0.3, 0.4) is 0 Å². The number of hydrogen-bond acceptors (Lipinski definition) is 2. The summed E-state index contributed by atoms with van der Waals surface area (Å²) in [4.78, 5) is 1.45. The molecule has 2 aliphatic rings. The van der Waals surface area contributed by atoms with E-state index in [9.17, 15) is 0 Å². The third-order valence-electron chi connectivity index (χ3n) is 4.29. The normalized spacial score (nSPS) is 27.4. The van der Waals surface area contributed by atoms with Crippen LogP contribution in [0.2, 0.25) is 0 Å². The summed E-state index contributed by atoms with van der Waals surface area (Å²) in [7, 11) is 0. The van der Waals surface area contributed by atoms with Gasteiger partial charge in [0.25, 0.3) is 0 Å². The van der Waals surface area contributed by atoms with Gasteiger partial charge in [0.05, 0.1) is 0 Å². The molecule has 104 valence electrons. The van der Waals surface area contributed by atoms with Crippen molar-refractivity contribution in [2.75, 3.05) is 0 Å². The number of thioether (sulfide) groups is 1. The van der Waals surface area contributed by atoms with Crippen molar-refractivity contribution in [3.63, 3.8) is 0 Å². The second-order valence-electron chi connectivity index (χ2n) is 6.31. The van der Waals surface area contributed by atoms with Gasteiger partial charge in [0.15, 0.2) is 0 Å². The topological polar surface area (TPSA) is 12.0 Å². The second-order valence-corrected chi connectivity index (χ2v) is 7.68. The van der Waals surface area contributed by atoms with E-state index in [2.05, 4.69) is 48.3 Å². The molecular weight excluding hydrogens is 250 g/mol. The van der Waals surface area contributed by atoms with E-state index in [1.54, 1.807) is 0 Å². The van der Waals surface area contributed by atoms with Crippen LogP contribution in [0.15, 0.2) is 29.2 Å². The van der Waals surface area contributed by atoms with Gasteiger partial charge in [-0.05, 0) is 49.3 Å². The van der Waals surface area contributed by atoms with Gasteiger partial charge in [-0.1, -0.05) is 31.9 Å². The van der Waals surface area contributed by atoms with E-state index >= 15 is 0 Å². The number of benzene rings is 1. The predicted octanol–water partition coefficient (Wildman–Crippen LogP) is 4.61. The first-order valence-corrected chi connectivity index (χ1v) is 8.66. The van der Waals surface area contributed by atoms with Gasteiger partial charge in [0.2, 0.25) is 0 Å². The van der Waals surface area contributed by atoms with Crippen LogP contribution in [0, 0.1) is 5.92 Å². The maximum Gasteiger partial charge on any atom is 0.0208 e. The van der Waals surface area contributed by atoms with Crippen LogP contribution >= 0.6 is 11.8 Å². The molecule has 2 fully saturated rings. The van der Waals surface area contributed by atoms with Crippen LogP contribution in [0.4, 0.5) is 0 Å². The minimum Gasteiger partial charge on any atom is -0.310 e. The third kappa shape index (κ3) is 4.25. The van der Waals surface area contributed by atoms with E-state index in [1.807, 2.05) is 0 Å². The summed E-state index contributed by atoms with van der Waals surface area (Å²) in [6.07, 6.45) is 8.39. The Hall–Kier alpha value is -0.470. The standard InChI is InChI=1S/C17H25NS/c1-13-3-2-4-17(11-13)19-16-9-5-14(6-10-16)12-18-15-7-8-15/h5-6,9-10,13,15,17-18H,2-4,7-8,11-12H2,1H3. The molecular formula is C17H25NS. The molecule has 2 saturated carbocycles. The fourth-order valence-electron chi connectivity index (χ4n) is 2.91. The molecule has 0 radical (unpaired) electrons. The molecule has 1 aromatic rings. The van der Waals surface area contributed by atoms with E-state index < -0.39 is 0 Å². The fraction of sp³-hybridized carbons (Fsp3) is 0.647. The highest BCUT2D eigenvalue weighted by molar-refractivity contribution is 8.00. The van der Waals surface area contributed by atoms with Crippen molar-refractivity contribution < 1.29 is 0 Å². The van der Waals surface area contributed by atoms with Crippen molar-refractivity contribution in [1.29, 1.82) is 0 Å². The second kappa shape index (κ2) is 6.32. The zero-order valence-electron chi connectivity index (χ0n) is 11.9. The van der Waals surface area contributed by atoms with Crippen molar-refractivity contribution in [2.24, 2.45) is 5.92 Å². The molecule has 2 unspecified atom stereocenters. The average molecular weight is 275 g/mol. The average Bonchev–Trinajstić information content (AvgIpc) is 3.22. The predicted molar refractivity (Wildman–Crippen MR) is 83.6 cm³/mol. The largest absolute Gasteiger partial charge is 0.310 e. The monoisotopic (exact) mass is 275 g/mol. The maximum absolute atomic E-state index is 3.57.